The van der Waals surface area contributed by atoms with Crippen molar-refractivity contribution in [3.8, 4) is 0 Å². The molecule has 4 nitrogen and oxygen atoms in total. The van der Waals surface area contributed by atoms with Gasteiger partial charge in [-0.2, -0.15) is 0 Å². The van der Waals surface area contributed by atoms with E-state index in [0.29, 0.717) is 48.2 Å². The number of methoxy groups -OCH3 is 1. The summed E-state index contributed by atoms with van der Waals surface area (Å²) in [5.74, 6) is 3.08. The molecule has 0 bridgehead atoms. The highest BCUT2D eigenvalue weighted by Crippen LogP contribution is 2.67. The van der Waals surface area contributed by atoms with Crippen molar-refractivity contribution < 1.29 is 19.4 Å². The van der Waals surface area contributed by atoms with Crippen LogP contribution in [0.2, 0.25) is 0 Å². The lowest BCUT2D eigenvalue weighted by molar-refractivity contribution is -0.160. The fourth-order valence-electron chi connectivity index (χ4n) is 8.53. The van der Waals surface area contributed by atoms with Crippen LogP contribution in [-0.4, -0.2) is 30.1 Å². The molecule has 0 radical (unpaired) electrons. The van der Waals surface area contributed by atoms with E-state index in [9.17, 15) is 14.7 Å². The molecule has 0 aromatic carbocycles. The number of carbonyl (C=O) groups excluding carboxylic acids is 2. The molecular formula is C25H40O4. The predicted octanol–water partition coefficient (Wildman–Crippen LogP) is 4.77. The lowest BCUT2D eigenvalue weighted by atomic mass is 9.44. The Morgan fingerprint density at radius 1 is 1.14 bits per heavy atom. The van der Waals surface area contributed by atoms with Crippen molar-refractivity contribution in [3.05, 3.63) is 0 Å². The Hall–Kier alpha value is -0.900. The first-order valence-electron chi connectivity index (χ1n) is 12.0. The molecular weight excluding hydrogens is 364 g/mol. The molecule has 4 rings (SSSR count). The number of aliphatic hydroxyl groups excluding tert-OH is 1. The van der Waals surface area contributed by atoms with Crippen LogP contribution in [0.3, 0.4) is 0 Å². The molecule has 164 valence electrons. The highest BCUT2D eigenvalue weighted by atomic mass is 16.5. The van der Waals surface area contributed by atoms with Gasteiger partial charge in [0.1, 0.15) is 5.78 Å². The molecule has 0 aliphatic heterocycles. The van der Waals surface area contributed by atoms with E-state index in [1.54, 1.807) is 0 Å². The summed E-state index contributed by atoms with van der Waals surface area (Å²) in [6.45, 7) is 7.18. The molecule has 0 saturated heterocycles. The molecule has 4 heteroatoms. The minimum absolute atomic E-state index is 0.110. The van der Waals surface area contributed by atoms with E-state index < -0.39 is 0 Å². The molecule has 0 spiro atoms. The lowest BCUT2D eigenvalue weighted by Gasteiger charge is -2.60. The van der Waals surface area contributed by atoms with Gasteiger partial charge in [-0.3, -0.25) is 9.59 Å². The zero-order chi connectivity index (χ0) is 21.0. The molecule has 4 aliphatic carbocycles. The van der Waals surface area contributed by atoms with E-state index in [-0.39, 0.29) is 28.8 Å². The lowest BCUT2D eigenvalue weighted by Crippen LogP contribution is -2.57. The van der Waals surface area contributed by atoms with E-state index in [2.05, 4.69) is 20.8 Å². The van der Waals surface area contributed by atoms with Gasteiger partial charge in [0.25, 0.3) is 0 Å². The minimum Gasteiger partial charge on any atom is -0.469 e. The van der Waals surface area contributed by atoms with Crippen molar-refractivity contribution in [1.82, 2.24) is 0 Å². The Labute approximate surface area is 176 Å². The third-order valence-corrected chi connectivity index (χ3v) is 10.2. The molecule has 4 aliphatic rings. The van der Waals surface area contributed by atoms with Gasteiger partial charge in [-0.1, -0.05) is 20.8 Å². The van der Waals surface area contributed by atoms with E-state index in [1.165, 1.54) is 26.4 Å². The summed E-state index contributed by atoms with van der Waals surface area (Å²) in [5.41, 5.74) is 0.456. The maximum absolute atomic E-state index is 13.4. The quantitative estimate of drug-likeness (QED) is 0.685. The van der Waals surface area contributed by atoms with Gasteiger partial charge in [-0.25, -0.2) is 0 Å². The average Bonchev–Trinajstić information content (AvgIpc) is 3.04. The van der Waals surface area contributed by atoms with E-state index in [4.69, 9.17) is 4.74 Å². The number of hydrogen-bond donors (Lipinski definition) is 1. The molecule has 0 amide bonds. The number of aliphatic hydroxyl groups is 1. The van der Waals surface area contributed by atoms with Crippen LogP contribution in [0.1, 0.15) is 85.0 Å². The SMILES string of the molecule is COC(=O)CC[C@@H](C)[C@H]1CC[C@H]2[C@@H]3C(=O)C[C@@H]4C[C@H](O)CC[C@]4(C)[C@H]3CC[C@]12C. The maximum atomic E-state index is 13.4. The number of hydrogen-bond acceptors (Lipinski definition) is 4. The Kier molecular flexibility index (Phi) is 5.63. The number of esters is 1. The van der Waals surface area contributed by atoms with Crippen LogP contribution in [0, 0.1) is 46.3 Å². The Morgan fingerprint density at radius 2 is 1.83 bits per heavy atom. The zero-order valence-corrected chi connectivity index (χ0v) is 18.8. The van der Waals surface area contributed by atoms with Gasteiger partial charge in [0.15, 0.2) is 0 Å². The number of ketones is 1. The van der Waals surface area contributed by atoms with Gasteiger partial charge >= 0.3 is 5.97 Å². The molecule has 0 unspecified atom stereocenters. The Balaban J connectivity index is 1.53. The second-order valence-electron chi connectivity index (χ2n) is 11.4. The average molecular weight is 405 g/mol. The number of carbonyl (C=O) groups is 2. The number of rotatable bonds is 4. The first-order valence-corrected chi connectivity index (χ1v) is 12.0. The molecule has 0 aromatic rings. The molecule has 4 saturated carbocycles. The standard InChI is InChI=1S/C25H40O4/c1-15(5-8-22(28)29-4)18-6-7-19-23-20(10-12-25(18,19)3)24(2)11-9-17(26)13-16(24)14-21(23)27/h15-20,23,26H,5-14H2,1-4H3/t15-,16+,17-,18-,19+,20+,23+,24+,25-/m1/s1. The summed E-state index contributed by atoms with van der Waals surface area (Å²) in [7, 11) is 1.47. The number of Topliss-reactive ketones (excluding diaryl/α,β-unsaturated/α-hetero) is 1. The fraction of sp³-hybridized carbons (Fsp3) is 0.920. The summed E-state index contributed by atoms with van der Waals surface area (Å²) in [6, 6.07) is 0. The Morgan fingerprint density at radius 3 is 2.55 bits per heavy atom. The summed E-state index contributed by atoms with van der Waals surface area (Å²) >= 11 is 0. The van der Waals surface area contributed by atoms with Crippen molar-refractivity contribution in [2.45, 2.75) is 91.1 Å². The van der Waals surface area contributed by atoms with Crippen LogP contribution in [0.5, 0.6) is 0 Å². The van der Waals surface area contributed by atoms with Crippen LogP contribution in [0.25, 0.3) is 0 Å². The van der Waals surface area contributed by atoms with Crippen LogP contribution in [-0.2, 0) is 14.3 Å². The molecule has 9 atom stereocenters. The van der Waals surface area contributed by atoms with Crippen molar-refractivity contribution in [3.63, 3.8) is 0 Å². The van der Waals surface area contributed by atoms with Crippen LogP contribution >= 0.6 is 0 Å². The molecule has 1 N–H and O–H groups in total. The van der Waals surface area contributed by atoms with Gasteiger partial charge in [-0.05, 0) is 91.8 Å². The topological polar surface area (TPSA) is 63.6 Å². The van der Waals surface area contributed by atoms with Crippen LogP contribution < -0.4 is 0 Å². The second-order valence-corrected chi connectivity index (χ2v) is 11.4. The van der Waals surface area contributed by atoms with E-state index in [1.807, 2.05) is 0 Å². The second kappa shape index (κ2) is 7.66. The van der Waals surface area contributed by atoms with E-state index >= 15 is 0 Å². The van der Waals surface area contributed by atoms with Crippen molar-refractivity contribution in [2.24, 2.45) is 46.3 Å². The summed E-state index contributed by atoms with van der Waals surface area (Å²) in [4.78, 5) is 25.0. The van der Waals surface area contributed by atoms with Gasteiger partial charge in [0.2, 0.25) is 0 Å². The Bertz CT molecular complexity index is 659. The molecule has 0 aromatic heterocycles. The summed E-state index contributed by atoms with van der Waals surface area (Å²) < 4.78 is 4.85. The fourth-order valence-corrected chi connectivity index (χ4v) is 8.53. The summed E-state index contributed by atoms with van der Waals surface area (Å²) in [5, 5.41) is 10.2. The maximum Gasteiger partial charge on any atom is 0.305 e. The minimum atomic E-state index is -0.210. The first kappa shape index (κ1) is 21.3. The van der Waals surface area contributed by atoms with Crippen molar-refractivity contribution in [2.75, 3.05) is 7.11 Å². The highest BCUT2D eigenvalue weighted by molar-refractivity contribution is 5.83. The van der Waals surface area contributed by atoms with Gasteiger partial charge in [0.05, 0.1) is 13.2 Å². The van der Waals surface area contributed by atoms with Crippen LogP contribution in [0.15, 0.2) is 0 Å². The van der Waals surface area contributed by atoms with E-state index in [0.717, 1.165) is 32.1 Å². The van der Waals surface area contributed by atoms with Crippen LogP contribution in [0.4, 0.5) is 0 Å². The first-order chi connectivity index (χ1) is 13.7. The molecule has 0 heterocycles. The third-order valence-electron chi connectivity index (χ3n) is 10.2. The largest absolute Gasteiger partial charge is 0.469 e. The van der Waals surface area contributed by atoms with Gasteiger partial charge in [0, 0.05) is 18.8 Å². The highest BCUT2D eigenvalue weighted by Gasteiger charge is 2.62. The third kappa shape index (κ3) is 3.38. The van der Waals surface area contributed by atoms with Gasteiger partial charge < -0.3 is 9.84 Å². The summed E-state index contributed by atoms with van der Waals surface area (Å²) in [6.07, 6.45) is 9.40. The zero-order valence-electron chi connectivity index (χ0n) is 18.8. The molecule has 4 fully saturated rings. The smallest absolute Gasteiger partial charge is 0.305 e. The predicted molar refractivity (Wildman–Crippen MR) is 112 cm³/mol. The number of ether oxygens (including phenoxy) is 1. The van der Waals surface area contributed by atoms with Crippen molar-refractivity contribution >= 4 is 11.8 Å². The normalized spacial score (nSPS) is 47.7. The molecule has 29 heavy (non-hydrogen) atoms. The monoisotopic (exact) mass is 404 g/mol. The number of fused-ring (bicyclic) bond motifs is 5. The van der Waals surface area contributed by atoms with Crippen molar-refractivity contribution in [1.29, 1.82) is 0 Å². The van der Waals surface area contributed by atoms with Gasteiger partial charge in [-0.15, -0.1) is 0 Å².